The van der Waals surface area contributed by atoms with Crippen LogP contribution in [0.4, 0.5) is 11.4 Å². The van der Waals surface area contributed by atoms with E-state index in [1.807, 2.05) is 16.8 Å². The maximum absolute atomic E-state index is 13.1. The van der Waals surface area contributed by atoms with Crippen LogP contribution in [0.3, 0.4) is 0 Å². The van der Waals surface area contributed by atoms with Crippen molar-refractivity contribution >= 4 is 40.5 Å². The highest BCUT2D eigenvalue weighted by molar-refractivity contribution is 7.07. The monoisotopic (exact) mass is 386 g/mol. The van der Waals surface area contributed by atoms with Crippen molar-refractivity contribution in [2.24, 2.45) is 0 Å². The Hall–Kier alpha value is -2.67. The van der Waals surface area contributed by atoms with Gasteiger partial charge in [-0.15, -0.1) is 0 Å². The summed E-state index contributed by atoms with van der Waals surface area (Å²) in [5.74, 6) is -1.15. The molecule has 1 aliphatic rings. The molecule has 2 heterocycles. The Morgan fingerprint density at radius 3 is 2.70 bits per heavy atom. The first-order chi connectivity index (χ1) is 12.8. The molecular weight excluding hydrogens is 364 g/mol. The molecule has 1 aromatic carbocycles. The number of amides is 2. The van der Waals surface area contributed by atoms with Gasteiger partial charge in [-0.3, -0.25) is 19.3 Å². The van der Waals surface area contributed by atoms with Crippen LogP contribution in [0.5, 0.6) is 0 Å². The van der Waals surface area contributed by atoms with Crippen molar-refractivity contribution in [3.63, 3.8) is 0 Å². The standard InChI is InChI=1S/C20H22N2O4S/c1-13(26-17(23)9-8-14-10-11-27-12-14)18(24)22-16-7-5-4-6-15(16)21-19(25)20(22,2)3/h4-7,10-13H,8-9H2,1-3H3,(H,21,25)/t13-/m0/s1. The van der Waals surface area contributed by atoms with Crippen molar-refractivity contribution in [3.05, 3.63) is 46.7 Å². The lowest BCUT2D eigenvalue weighted by atomic mass is 9.95. The zero-order valence-electron chi connectivity index (χ0n) is 15.5. The van der Waals surface area contributed by atoms with E-state index in [0.29, 0.717) is 17.8 Å². The first-order valence-corrected chi connectivity index (χ1v) is 9.70. The molecule has 0 saturated heterocycles. The summed E-state index contributed by atoms with van der Waals surface area (Å²) in [7, 11) is 0. The molecule has 0 bridgehead atoms. The second-order valence-corrected chi connectivity index (χ2v) is 7.75. The average Bonchev–Trinajstić information content (AvgIpc) is 3.14. The number of ether oxygens (including phenoxy) is 1. The van der Waals surface area contributed by atoms with E-state index < -0.39 is 23.5 Å². The van der Waals surface area contributed by atoms with E-state index >= 15 is 0 Å². The average molecular weight is 386 g/mol. The largest absolute Gasteiger partial charge is 0.453 e. The van der Waals surface area contributed by atoms with Crippen molar-refractivity contribution < 1.29 is 19.1 Å². The van der Waals surface area contributed by atoms with Crippen LogP contribution in [0, 0.1) is 0 Å². The van der Waals surface area contributed by atoms with Crippen molar-refractivity contribution in [1.29, 1.82) is 0 Å². The number of esters is 1. The highest BCUT2D eigenvalue weighted by Gasteiger charge is 2.45. The number of hydrogen-bond acceptors (Lipinski definition) is 5. The highest BCUT2D eigenvalue weighted by Crippen LogP contribution is 2.37. The minimum absolute atomic E-state index is 0.203. The van der Waals surface area contributed by atoms with Crippen LogP contribution in [0.2, 0.25) is 0 Å². The van der Waals surface area contributed by atoms with Gasteiger partial charge < -0.3 is 10.1 Å². The zero-order chi connectivity index (χ0) is 19.6. The Kier molecular flexibility index (Phi) is 5.32. The number of para-hydroxylation sites is 2. The van der Waals surface area contributed by atoms with E-state index in [9.17, 15) is 14.4 Å². The molecule has 0 saturated carbocycles. The zero-order valence-corrected chi connectivity index (χ0v) is 16.3. The molecule has 2 amide bonds. The predicted molar refractivity (Wildman–Crippen MR) is 105 cm³/mol. The number of benzene rings is 1. The molecule has 6 nitrogen and oxygen atoms in total. The van der Waals surface area contributed by atoms with E-state index in [0.717, 1.165) is 5.56 Å². The Morgan fingerprint density at radius 1 is 1.26 bits per heavy atom. The van der Waals surface area contributed by atoms with Gasteiger partial charge in [0.25, 0.3) is 5.91 Å². The fraction of sp³-hybridized carbons (Fsp3) is 0.350. The highest BCUT2D eigenvalue weighted by atomic mass is 32.1. The lowest BCUT2D eigenvalue weighted by molar-refractivity contribution is -0.154. The summed E-state index contributed by atoms with van der Waals surface area (Å²) in [6.07, 6.45) is -0.211. The second-order valence-electron chi connectivity index (χ2n) is 6.97. The van der Waals surface area contributed by atoms with Gasteiger partial charge >= 0.3 is 5.97 Å². The van der Waals surface area contributed by atoms with Gasteiger partial charge in [-0.25, -0.2) is 0 Å². The molecule has 1 atom stereocenters. The fourth-order valence-electron chi connectivity index (χ4n) is 3.02. The minimum atomic E-state index is -1.09. The van der Waals surface area contributed by atoms with E-state index in [-0.39, 0.29) is 12.3 Å². The summed E-state index contributed by atoms with van der Waals surface area (Å²) in [4.78, 5) is 39.1. The normalized spacial score (nSPS) is 16.3. The van der Waals surface area contributed by atoms with Crippen molar-refractivity contribution in [2.45, 2.75) is 45.3 Å². The molecule has 0 aliphatic carbocycles. The minimum Gasteiger partial charge on any atom is -0.453 e. The van der Waals surface area contributed by atoms with E-state index in [4.69, 9.17) is 4.74 Å². The van der Waals surface area contributed by atoms with Crippen molar-refractivity contribution in [2.75, 3.05) is 10.2 Å². The lowest BCUT2D eigenvalue weighted by Crippen LogP contribution is -2.60. The Labute approximate surface area is 162 Å². The van der Waals surface area contributed by atoms with Gasteiger partial charge in [0, 0.05) is 6.42 Å². The Morgan fingerprint density at radius 2 is 2.00 bits per heavy atom. The molecular formula is C20H22N2O4S. The number of fused-ring (bicyclic) bond motifs is 1. The molecule has 0 fully saturated rings. The summed E-state index contributed by atoms with van der Waals surface area (Å²) in [5.41, 5.74) is 1.13. The van der Waals surface area contributed by atoms with Gasteiger partial charge in [-0.1, -0.05) is 12.1 Å². The first-order valence-electron chi connectivity index (χ1n) is 8.76. The van der Waals surface area contributed by atoms with Crippen molar-refractivity contribution in [1.82, 2.24) is 0 Å². The van der Waals surface area contributed by atoms with E-state index in [1.165, 1.54) is 11.8 Å². The third-order valence-electron chi connectivity index (χ3n) is 4.58. The predicted octanol–water partition coefficient (Wildman–Crippen LogP) is 3.38. The van der Waals surface area contributed by atoms with Crippen LogP contribution >= 0.6 is 11.3 Å². The van der Waals surface area contributed by atoms with Gasteiger partial charge in [0.1, 0.15) is 5.54 Å². The van der Waals surface area contributed by atoms with Gasteiger partial charge in [-0.2, -0.15) is 11.3 Å². The smallest absolute Gasteiger partial charge is 0.306 e. The number of anilines is 2. The van der Waals surface area contributed by atoms with Crippen LogP contribution in [0.15, 0.2) is 41.1 Å². The van der Waals surface area contributed by atoms with Crippen LogP contribution in [0.25, 0.3) is 0 Å². The van der Waals surface area contributed by atoms with Gasteiger partial charge in [0.2, 0.25) is 5.91 Å². The molecule has 7 heteroatoms. The van der Waals surface area contributed by atoms with Gasteiger partial charge in [0.15, 0.2) is 6.10 Å². The lowest BCUT2D eigenvalue weighted by Gasteiger charge is -2.42. The maximum Gasteiger partial charge on any atom is 0.306 e. The topological polar surface area (TPSA) is 75.7 Å². The van der Waals surface area contributed by atoms with Crippen LogP contribution in [-0.2, 0) is 25.5 Å². The number of aryl methyl sites for hydroxylation is 1. The molecule has 2 aromatic rings. The van der Waals surface area contributed by atoms with Gasteiger partial charge in [-0.05, 0) is 61.7 Å². The molecule has 1 aliphatic heterocycles. The van der Waals surface area contributed by atoms with E-state index in [2.05, 4.69) is 5.32 Å². The van der Waals surface area contributed by atoms with Crippen LogP contribution in [0.1, 0.15) is 32.8 Å². The molecule has 0 spiro atoms. The number of rotatable bonds is 5. The SMILES string of the molecule is C[C@H](OC(=O)CCc1ccsc1)C(=O)N1c2ccccc2NC(=O)C1(C)C. The number of carbonyl (C=O) groups is 3. The third kappa shape index (κ3) is 3.88. The Balaban J connectivity index is 1.73. The molecule has 142 valence electrons. The number of nitrogens with zero attached hydrogens (tertiary/aromatic N) is 1. The van der Waals surface area contributed by atoms with Crippen LogP contribution < -0.4 is 10.2 Å². The number of carbonyl (C=O) groups excluding carboxylic acids is 3. The first kappa shape index (κ1) is 19.1. The summed E-state index contributed by atoms with van der Waals surface area (Å²) in [6.45, 7) is 4.87. The molecule has 27 heavy (non-hydrogen) atoms. The molecule has 0 radical (unpaired) electrons. The van der Waals surface area contributed by atoms with Gasteiger partial charge in [0.05, 0.1) is 11.4 Å². The molecule has 1 aromatic heterocycles. The Bertz CT molecular complexity index is 861. The summed E-state index contributed by atoms with van der Waals surface area (Å²) in [5, 5.41) is 6.74. The third-order valence-corrected chi connectivity index (χ3v) is 5.31. The summed E-state index contributed by atoms with van der Waals surface area (Å²) >= 11 is 1.57. The summed E-state index contributed by atoms with van der Waals surface area (Å²) < 4.78 is 5.35. The molecule has 3 rings (SSSR count). The molecule has 1 N–H and O–H groups in total. The van der Waals surface area contributed by atoms with Crippen LogP contribution in [-0.4, -0.2) is 29.4 Å². The van der Waals surface area contributed by atoms with Crippen molar-refractivity contribution in [3.8, 4) is 0 Å². The number of nitrogens with one attached hydrogen (secondary N) is 1. The maximum atomic E-state index is 13.1. The van der Waals surface area contributed by atoms with E-state index in [1.54, 1.807) is 49.4 Å². The number of thiophene rings is 1. The summed E-state index contributed by atoms with van der Waals surface area (Å²) in [6, 6.07) is 9.04. The fourth-order valence-corrected chi connectivity index (χ4v) is 3.72. The number of hydrogen-bond donors (Lipinski definition) is 1. The molecule has 0 unspecified atom stereocenters. The quantitative estimate of drug-likeness (QED) is 0.800. The second kappa shape index (κ2) is 7.52.